The van der Waals surface area contributed by atoms with Gasteiger partial charge in [-0.25, -0.2) is 0 Å². The number of hydrogen-bond acceptors (Lipinski definition) is 3. The molecule has 0 radical (unpaired) electrons. The highest BCUT2D eigenvalue weighted by Crippen LogP contribution is 2.16. The van der Waals surface area contributed by atoms with E-state index in [1.165, 1.54) is 16.8 Å². The first-order valence-corrected chi connectivity index (χ1v) is 6.71. The summed E-state index contributed by atoms with van der Waals surface area (Å²) in [5.41, 5.74) is 3.76. The zero-order valence-corrected chi connectivity index (χ0v) is 12.0. The fourth-order valence-electron chi connectivity index (χ4n) is 1.92. The Bertz CT molecular complexity index is 346. The number of ether oxygens (including phenoxy) is 2. The minimum Gasteiger partial charge on any atom is -0.385 e. The van der Waals surface area contributed by atoms with Crippen LogP contribution in [0.2, 0.25) is 0 Å². The van der Waals surface area contributed by atoms with Crippen LogP contribution in [0.15, 0.2) is 18.2 Å². The minimum absolute atomic E-state index is 0.0988. The monoisotopic (exact) mass is 251 g/mol. The van der Waals surface area contributed by atoms with Crippen LogP contribution < -0.4 is 5.32 Å². The minimum atomic E-state index is -0.0988. The highest BCUT2D eigenvalue weighted by molar-refractivity contribution is 5.51. The van der Waals surface area contributed by atoms with Gasteiger partial charge in [-0.05, 0) is 39.3 Å². The van der Waals surface area contributed by atoms with Gasteiger partial charge in [0.15, 0.2) is 6.29 Å². The Morgan fingerprint density at radius 1 is 1.11 bits per heavy atom. The molecular weight excluding hydrogens is 226 g/mol. The Morgan fingerprint density at radius 2 is 1.78 bits per heavy atom. The van der Waals surface area contributed by atoms with E-state index in [4.69, 9.17) is 9.47 Å². The first kappa shape index (κ1) is 15.0. The summed E-state index contributed by atoms with van der Waals surface area (Å²) in [4.78, 5) is 0. The van der Waals surface area contributed by atoms with E-state index >= 15 is 0 Å². The van der Waals surface area contributed by atoms with Crippen molar-refractivity contribution in [2.24, 2.45) is 0 Å². The third-order valence-corrected chi connectivity index (χ3v) is 2.78. The molecule has 0 unspecified atom stereocenters. The van der Waals surface area contributed by atoms with Crippen molar-refractivity contribution in [1.82, 2.24) is 0 Å². The van der Waals surface area contributed by atoms with Gasteiger partial charge in [0.05, 0.1) is 0 Å². The number of hydrogen-bond donors (Lipinski definition) is 1. The van der Waals surface area contributed by atoms with E-state index in [9.17, 15) is 0 Å². The van der Waals surface area contributed by atoms with E-state index in [0.29, 0.717) is 13.2 Å². The normalized spacial score (nSPS) is 10.9. The lowest BCUT2D eigenvalue weighted by Crippen LogP contribution is -2.21. The van der Waals surface area contributed by atoms with Gasteiger partial charge in [0.1, 0.15) is 0 Å². The molecule has 0 amide bonds. The number of nitrogens with one attached hydrogen (secondary N) is 1. The summed E-state index contributed by atoms with van der Waals surface area (Å²) < 4.78 is 11.0. The fraction of sp³-hybridized carbons (Fsp3) is 0.600. The maximum absolute atomic E-state index is 5.51. The second-order valence-electron chi connectivity index (χ2n) is 4.37. The lowest BCUT2D eigenvalue weighted by Gasteiger charge is -2.18. The summed E-state index contributed by atoms with van der Waals surface area (Å²) in [6, 6.07) is 6.43. The van der Waals surface area contributed by atoms with Gasteiger partial charge >= 0.3 is 0 Å². The van der Waals surface area contributed by atoms with Crippen molar-refractivity contribution >= 4 is 5.69 Å². The van der Waals surface area contributed by atoms with Crippen molar-refractivity contribution in [3.63, 3.8) is 0 Å². The summed E-state index contributed by atoms with van der Waals surface area (Å²) in [7, 11) is 0. The Kier molecular flexibility index (Phi) is 6.76. The molecule has 0 aliphatic heterocycles. The molecule has 0 spiro atoms. The second-order valence-corrected chi connectivity index (χ2v) is 4.37. The molecule has 1 N–H and O–H groups in total. The Balaban J connectivity index is 2.39. The summed E-state index contributed by atoms with van der Waals surface area (Å²) in [5, 5.41) is 3.43. The molecule has 0 saturated heterocycles. The molecule has 102 valence electrons. The first-order chi connectivity index (χ1) is 8.67. The Morgan fingerprint density at radius 3 is 2.33 bits per heavy atom. The van der Waals surface area contributed by atoms with Gasteiger partial charge in [0, 0.05) is 31.9 Å². The molecule has 0 aromatic heterocycles. The molecule has 0 fully saturated rings. The molecule has 0 saturated carbocycles. The van der Waals surface area contributed by atoms with Crippen LogP contribution in [0.25, 0.3) is 0 Å². The smallest absolute Gasteiger partial charge is 0.159 e. The molecule has 0 bridgehead atoms. The van der Waals surface area contributed by atoms with E-state index in [1.54, 1.807) is 0 Å². The van der Waals surface area contributed by atoms with Gasteiger partial charge in [0.2, 0.25) is 0 Å². The van der Waals surface area contributed by atoms with E-state index in [0.717, 1.165) is 13.0 Å². The largest absolute Gasteiger partial charge is 0.385 e. The van der Waals surface area contributed by atoms with Gasteiger partial charge in [-0.1, -0.05) is 17.7 Å². The van der Waals surface area contributed by atoms with Crippen LogP contribution in [0.5, 0.6) is 0 Å². The van der Waals surface area contributed by atoms with Crippen LogP contribution in [0, 0.1) is 13.8 Å². The predicted octanol–water partition coefficient (Wildman–Crippen LogP) is 3.50. The zero-order chi connectivity index (χ0) is 13.4. The zero-order valence-electron chi connectivity index (χ0n) is 12.0. The predicted molar refractivity (Wildman–Crippen MR) is 76.1 cm³/mol. The number of aryl methyl sites for hydroxylation is 2. The molecule has 1 aromatic carbocycles. The quantitative estimate of drug-likeness (QED) is 0.717. The van der Waals surface area contributed by atoms with E-state index in [-0.39, 0.29) is 6.29 Å². The first-order valence-electron chi connectivity index (χ1n) is 6.71. The highest BCUT2D eigenvalue weighted by atomic mass is 16.7. The van der Waals surface area contributed by atoms with Gasteiger partial charge in [-0.3, -0.25) is 0 Å². The number of benzene rings is 1. The second kappa shape index (κ2) is 8.11. The van der Waals surface area contributed by atoms with Gasteiger partial charge < -0.3 is 14.8 Å². The maximum atomic E-state index is 5.51. The summed E-state index contributed by atoms with van der Waals surface area (Å²) >= 11 is 0. The lowest BCUT2D eigenvalue weighted by molar-refractivity contribution is -0.137. The molecule has 0 aliphatic carbocycles. The summed E-state index contributed by atoms with van der Waals surface area (Å²) in [6.07, 6.45) is 0.757. The van der Waals surface area contributed by atoms with Crippen LogP contribution in [0.4, 0.5) is 5.69 Å². The van der Waals surface area contributed by atoms with Gasteiger partial charge in [-0.2, -0.15) is 0 Å². The van der Waals surface area contributed by atoms with Crippen molar-refractivity contribution in [1.29, 1.82) is 0 Å². The number of rotatable bonds is 8. The highest BCUT2D eigenvalue weighted by Gasteiger charge is 2.07. The van der Waals surface area contributed by atoms with Gasteiger partial charge in [-0.15, -0.1) is 0 Å². The maximum Gasteiger partial charge on any atom is 0.159 e. The molecule has 1 rings (SSSR count). The topological polar surface area (TPSA) is 30.5 Å². The van der Waals surface area contributed by atoms with Crippen LogP contribution in [0.1, 0.15) is 31.4 Å². The molecular formula is C15H25NO2. The third kappa shape index (κ3) is 5.07. The summed E-state index contributed by atoms with van der Waals surface area (Å²) in [5.74, 6) is 0. The molecule has 0 aliphatic rings. The van der Waals surface area contributed by atoms with Gasteiger partial charge in [0.25, 0.3) is 0 Å². The fourth-order valence-corrected chi connectivity index (χ4v) is 1.92. The molecule has 3 nitrogen and oxygen atoms in total. The average Bonchev–Trinajstić information content (AvgIpc) is 2.32. The van der Waals surface area contributed by atoms with Crippen LogP contribution in [-0.2, 0) is 9.47 Å². The molecule has 0 atom stereocenters. The van der Waals surface area contributed by atoms with E-state index < -0.39 is 0 Å². The van der Waals surface area contributed by atoms with E-state index in [1.807, 2.05) is 13.8 Å². The van der Waals surface area contributed by atoms with Crippen molar-refractivity contribution < 1.29 is 9.47 Å². The summed E-state index contributed by atoms with van der Waals surface area (Å²) in [6.45, 7) is 10.4. The van der Waals surface area contributed by atoms with Crippen molar-refractivity contribution in [2.75, 3.05) is 25.1 Å². The standard InChI is InChI=1S/C15H25NO2/c1-5-17-15(18-6-2)9-10-16-14-8-7-12(3)11-13(14)4/h7-8,11,15-16H,5-6,9-10H2,1-4H3. The van der Waals surface area contributed by atoms with E-state index in [2.05, 4.69) is 37.4 Å². The molecule has 1 aromatic rings. The van der Waals surface area contributed by atoms with Crippen LogP contribution in [-0.4, -0.2) is 26.0 Å². The molecule has 0 heterocycles. The van der Waals surface area contributed by atoms with Crippen molar-refractivity contribution in [3.8, 4) is 0 Å². The number of anilines is 1. The SMILES string of the molecule is CCOC(CCNc1ccc(C)cc1C)OCC. The van der Waals surface area contributed by atoms with Crippen molar-refractivity contribution in [2.45, 2.75) is 40.4 Å². The van der Waals surface area contributed by atoms with Crippen LogP contribution in [0.3, 0.4) is 0 Å². The Labute approximate surface area is 110 Å². The average molecular weight is 251 g/mol. The van der Waals surface area contributed by atoms with Crippen LogP contribution >= 0.6 is 0 Å². The lowest BCUT2D eigenvalue weighted by atomic mass is 10.1. The molecule has 3 heteroatoms. The third-order valence-electron chi connectivity index (χ3n) is 2.78. The van der Waals surface area contributed by atoms with Crippen molar-refractivity contribution in [3.05, 3.63) is 29.3 Å². The Hall–Kier alpha value is -1.06. The molecule has 18 heavy (non-hydrogen) atoms.